The Morgan fingerprint density at radius 3 is 2.77 bits per heavy atom. The fraction of sp³-hybridized carbons (Fsp3) is 0.333. The molecule has 0 saturated heterocycles. The molecule has 0 aliphatic rings. The molecule has 1 atom stereocenters. The molecule has 1 aromatic rings. The zero-order valence-electron chi connectivity index (χ0n) is 7.13. The Hall–Kier alpha value is -0.640. The minimum atomic E-state index is -0.474. The van der Waals surface area contributed by atoms with Gasteiger partial charge in [0.05, 0.1) is 11.6 Å². The summed E-state index contributed by atoms with van der Waals surface area (Å²) in [5, 5.41) is 8.91. The van der Waals surface area contributed by atoms with Crippen LogP contribution in [0, 0.1) is 5.82 Å². The first kappa shape index (κ1) is 10.4. The van der Waals surface area contributed by atoms with E-state index in [9.17, 15) is 4.39 Å². The third-order valence-corrected chi connectivity index (χ3v) is 2.06. The molecule has 0 aliphatic heterocycles. The highest BCUT2D eigenvalue weighted by Crippen LogP contribution is 2.22. The number of aliphatic hydroxyl groups is 1. The van der Waals surface area contributed by atoms with E-state index < -0.39 is 11.9 Å². The topological polar surface area (TPSA) is 29.5 Å². The molecule has 0 bridgehead atoms. The van der Waals surface area contributed by atoms with E-state index >= 15 is 0 Å². The molecule has 2 nitrogen and oxygen atoms in total. The Balaban J connectivity index is 2.95. The molecule has 0 saturated carbocycles. The van der Waals surface area contributed by atoms with Crippen molar-refractivity contribution in [2.75, 3.05) is 13.7 Å². The predicted molar refractivity (Wildman–Crippen MR) is 48.2 cm³/mol. The maximum absolute atomic E-state index is 12.7. The third-order valence-electron chi connectivity index (χ3n) is 1.77. The molecule has 0 spiro atoms. The van der Waals surface area contributed by atoms with Gasteiger partial charge in [-0.15, -0.1) is 0 Å². The summed E-state index contributed by atoms with van der Waals surface area (Å²) in [6, 6.07) is 4.23. The van der Waals surface area contributed by atoms with Gasteiger partial charge < -0.3 is 9.84 Å². The van der Waals surface area contributed by atoms with E-state index in [2.05, 4.69) is 0 Å². The lowest BCUT2D eigenvalue weighted by molar-refractivity contribution is 0.0484. The van der Waals surface area contributed by atoms with E-state index in [0.717, 1.165) is 0 Å². The van der Waals surface area contributed by atoms with Crippen LogP contribution in [0.3, 0.4) is 0 Å². The van der Waals surface area contributed by atoms with Crippen LogP contribution < -0.4 is 0 Å². The summed E-state index contributed by atoms with van der Waals surface area (Å²) in [6.07, 6.45) is -0.446. The maximum Gasteiger partial charge on any atom is 0.141 e. The van der Waals surface area contributed by atoms with E-state index in [0.29, 0.717) is 5.56 Å². The molecule has 1 aromatic carbocycles. The van der Waals surface area contributed by atoms with Gasteiger partial charge in [0.15, 0.2) is 0 Å². The minimum Gasteiger partial charge on any atom is -0.393 e. The smallest absolute Gasteiger partial charge is 0.141 e. The third kappa shape index (κ3) is 2.40. The average Bonchev–Trinajstić information content (AvgIpc) is 2.13. The van der Waals surface area contributed by atoms with Gasteiger partial charge in [-0.1, -0.05) is 17.7 Å². The Kier molecular flexibility index (Phi) is 3.66. The van der Waals surface area contributed by atoms with Crippen molar-refractivity contribution in [3.8, 4) is 0 Å². The van der Waals surface area contributed by atoms with Crippen LogP contribution >= 0.6 is 11.6 Å². The van der Waals surface area contributed by atoms with Crippen molar-refractivity contribution in [3.63, 3.8) is 0 Å². The number of rotatable bonds is 3. The lowest BCUT2D eigenvalue weighted by Gasteiger charge is -2.12. The number of benzene rings is 1. The molecule has 1 rings (SSSR count). The van der Waals surface area contributed by atoms with E-state index in [1.165, 1.54) is 25.3 Å². The molecular weight excluding hydrogens is 195 g/mol. The predicted octanol–water partition coefficient (Wildman–Crippen LogP) is 2.16. The fourth-order valence-electron chi connectivity index (χ4n) is 1.03. The molecule has 4 heteroatoms. The van der Waals surface area contributed by atoms with Crippen molar-refractivity contribution in [3.05, 3.63) is 34.6 Å². The van der Waals surface area contributed by atoms with E-state index in [-0.39, 0.29) is 11.6 Å². The van der Waals surface area contributed by atoms with Gasteiger partial charge in [0, 0.05) is 7.11 Å². The number of aliphatic hydroxyl groups excluding tert-OH is 1. The maximum atomic E-state index is 12.7. The van der Waals surface area contributed by atoms with Crippen molar-refractivity contribution in [1.82, 2.24) is 0 Å². The number of hydrogen-bond acceptors (Lipinski definition) is 2. The highest BCUT2D eigenvalue weighted by molar-refractivity contribution is 6.30. The molecule has 0 heterocycles. The summed E-state index contributed by atoms with van der Waals surface area (Å²) in [6.45, 7) is -0.154. The summed E-state index contributed by atoms with van der Waals surface area (Å²) in [4.78, 5) is 0. The van der Waals surface area contributed by atoms with Crippen LogP contribution in [0.15, 0.2) is 18.2 Å². The molecule has 0 amide bonds. The van der Waals surface area contributed by atoms with Crippen molar-refractivity contribution < 1.29 is 14.2 Å². The van der Waals surface area contributed by atoms with E-state index in [1.54, 1.807) is 0 Å². The molecule has 0 aromatic heterocycles. The van der Waals surface area contributed by atoms with Gasteiger partial charge in [-0.2, -0.15) is 0 Å². The van der Waals surface area contributed by atoms with Crippen LogP contribution in [0.5, 0.6) is 0 Å². The van der Waals surface area contributed by atoms with Crippen molar-refractivity contribution >= 4 is 11.6 Å². The molecule has 13 heavy (non-hydrogen) atoms. The van der Waals surface area contributed by atoms with Gasteiger partial charge in [0.25, 0.3) is 0 Å². The Bertz CT molecular complexity index is 287. The minimum absolute atomic E-state index is 0.0352. The quantitative estimate of drug-likeness (QED) is 0.818. The van der Waals surface area contributed by atoms with Gasteiger partial charge in [-0.25, -0.2) is 4.39 Å². The number of ether oxygens (including phenoxy) is 1. The number of methoxy groups -OCH3 is 1. The Morgan fingerprint density at radius 1 is 1.62 bits per heavy atom. The average molecular weight is 205 g/mol. The van der Waals surface area contributed by atoms with Crippen LogP contribution in [-0.4, -0.2) is 18.8 Å². The molecular formula is C9H10ClFO2. The van der Waals surface area contributed by atoms with Crippen LogP contribution in [0.25, 0.3) is 0 Å². The fourth-order valence-corrected chi connectivity index (χ4v) is 1.22. The first-order valence-electron chi connectivity index (χ1n) is 3.77. The summed E-state index contributed by atoms with van der Waals surface area (Å²) in [5.74, 6) is -0.474. The first-order chi connectivity index (χ1) is 6.19. The van der Waals surface area contributed by atoms with Gasteiger partial charge in [0.1, 0.15) is 11.9 Å². The van der Waals surface area contributed by atoms with Gasteiger partial charge in [-0.05, 0) is 17.7 Å². The normalized spacial score (nSPS) is 12.9. The Labute approximate surface area is 80.9 Å². The highest BCUT2D eigenvalue weighted by Gasteiger charge is 2.10. The lowest BCUT2D eigenvalue weighted by atomic mass is 10.1. The second kappa shape index (κ2) is 4.56. The summed E-state index contributed by atoms with van der Waals surface area (Å²) < 4.78 is 17.7. The van der Waals surface area contributed by atoms with Crippen LogP contribution in [-0.2, 0) is 4.74 Å². The largest absolute Gasteiger partial charge is 0.393 e. The molecule has 0 radical (unpaired) electrons. The monoisotopic (exact) mass is 204 g/mol. The molecule has 0 fully saturated rings. The molecule has 0 aliphatic carbocycles. The van der Waals surface area contributed by atoms with Crippen molar-refractivity contribution in [2.24, 2.45) is 0 Å². The van der Waals surface area contributed by atoms with Gasteiger partial charge in [-0.3, -0.25) is 0 Å². The summed E-state index contributed by atoms with van der Waals surface area (Å²) >= 11 is 5.56. The molecule has 72 valence electrons. The summed E-state index contributed by atoms with van der Waals surface area (Å²) in [5.41, 5.74) is 0.663. The highest BCUT2D eigenvalue weighted by atomic mass is 35.5. The van der Waals surface area contributed by atoms with Crippen molar-refractivity contribution in [1.29, 1.82) is 0 Å². The molecule has 1 N–H and O–H groups in total. The Morgan fingerprint density at radius 2 is 2.31 bits per heavy atom. The van der Waals surface area contributed by atoms with Gasteiger partial charge >= 0.3 is 0 Å². The molecule has 1 unspecified atom stereocenters. The summed E-state index contributed by atoms with van der Waals surface area (Å²) in [7, 11) is 1.47. The SMILES string of the molecule is COC(CO)c1ccc(F)c(Cl)c1. The van der Waals surface area contributed by atoms with Crippen LogP contribution in [0.1, 0.15) is 11.7 Å². The first-order valence-corrected chi connectivity index (χ1v) is 4.15. The second-order valence-electron chi connectivity index (χ2n) is 2.58. The van der Waals surface area contributed by atoms with Gasteiger partial charge in [0.2, 0.25) is 0 Å². The number of hydrogen-bond donors (Lipinski definition) is 1. The lowest BCUT2D eigenvalue weighted by Crippen LogP contribution is -2.06. The van der Waals surface area contributed by atoms with E-state index in [4.69, 9.17) is 21.4 Å². The second-order valence-corrected chi connectivity index (χ2v) is 2.99. The zero-order valence-corrected chi connectivity index (χ0v) is 7.88. The standard InChI is InChI=1S/C9H10ClFO2/c1-13-9(5-12)6-2-3-8(11)7(10)4-6/h2-4,9,12H,5H2,1H3. The number of halogens is 2. The zero-order chi connectivity index (χ0) is 9.84. The van der Waals surface area contributed by atoms with Crippen LogP contribution in [0.4, 0.5) is 4.39 Å². The van der Waals surface area contributed by atoms with Crippen molar-refractivity contribution in [2.45, 2.75) is 6.10 Å². The van der Waals surface area contributed by atoms with E-state index in [1.807, 2.05) is 0 Å². The van der Waals surface area contributed by atoms with Crippen LogP contribution in [0.2, 0.25) is 5.02 Å².